The Morgan fingerprint density at radius 1 is 1.40 bits per heavy atom. The van der Waals surface area contributed by atoms with Crippen LogP contribution in [0.15, 0.2) is 53.8 Å². The van der Waals surface area contributed by atoms with Gasteiger partial charge in [0.25, 0.3) is 0 Å². The number of quaternary nitrogens is 1. The Morgan fingerprint density at radius 2 is 2.20 bits per heavy atom. The van der Waals surface area contributed by atoms with Crippen LogP contribution in [-0.2, 0) is 0 Å². The summed E-state index contributed by atoms with van der Waals surface area (Å²) in [6.07, 6.45) is 17.7. The molecule has 2 heteroatoms. The van der Waals surface area contributed by atoms with Crippen LogP contribution in [0.5, 0.6) is 0 Å². The van der Waals surface area contributed by atoms with Gasteiger partial charge in [0.15, 0.2) is 0 Å². The Hall–Kier alpha value is -1.34. The Balaban J connectivity index is 1.92. The minimum atomic E-state index is 0.285. The predicted molar refractivity (Wildman–Crippen MR) is 86.2 cm³/mol. The van der Waals surface area contributed by atoms with Gasteiger partial charge in [0.1, 0.15) is 6.17 Å². The molecule has 0 amide bonds. The van der Waals surface area contributed by atoms with Crippen molar-refractivity contribution in [3.05, 3.63) is 53.8 Å². The smallest absolute Gasteiger partial charge is 0.143 e. The molecule has 2 aliphatic rings. The van der Waals surface area contributed by atoms with Crippen molar-refractivity contribution < 1.29 is 4.48 Å². The fraction of sp³-hybridized carbons (Fsp3) is 0.500. The molecule has 1 unspecified atom stereocenters. The van der Waals surface area contributed by atoms with Crippen LogP contribution in [0.1, 0.15) is 26.7 Å². The van der Waals surface area contributed by atoms with Crippen LogP contribution in [0.25, 0.3) is 0 Å². The van der Waals surface area contributed by atoms with Crippen molar-refractivity contribution in [2.45, 2.75) is 38.4 Å². The van der Waals surface area contributed by atoms with Gasteiger partial charge in [-0.25, -0.2) is 0 Å². The third-order valence-corrected chi connectivity index (χ3v) is 4.18. The van der Waals surface area contributed by atoms with Crippen LogP contribution >= 0.6 is 0 Å². The molecule has 1 N–H and O–H groups in total. The van der Waals surface area contributed by atoms with E-state index in [4.69, 9.17) is 0 Å². The SMILES string of the molecule is CC1(C)CCC([N+](C)(C)C/C=C/C2=CC=C=CC=C2)N1. The summed E-state index contributed by atoms with van der Waals surface area (Å²) in [6, 6.07) is 0. The highest BCUT2D eigenvalue weighted by Crippen LogP contribution is 2.26. The van der Waals surface area contributed by atoms with E-state index in [-0.39, 0.29) is 5.54 Å². The minimum absolute atomic E-state index is 0.285. The minimum Gasteiger partial charge on any atom is -0.310 e. The number of nitrogens with zero attached hydrogens (tertiary/aromatic N) is 1. The van der Waals surface area contributed by atoms with Gasteiger partial charge in [0.2, 0.25) is 0 Å². The molecule has 0 aromatic rings. The summed E-state index contributed by atoms with van der Waals surface area (Å²) >= 11 is 0. The summed E-state index contributed by atoms with van der Waals surface area (Å²) in [6.45, 7) is 5.63. The van der Waals surface area contributed by atoms with Gasteiger partial charge < -0.3 is 4.48 Å². The molecule has 1 aliphatic heterocycles. The van der Waals surface area contributed by atoms with Gasteiger partial charge in [0.05, 0.1) is 20.6 Å². The molecule has 2 nitrogen and oxygen atoms in total. The van der Waals surface area contributed by atoms with E-state index in [9.17, 15) is 0 Å². The average molecular weight is 271 g/mol. The summed E-state index contributed by atoms with van der Waals surface area (Å²) in [5.74, 6) is 0. The number of allylic oxidation sites excluding steroid dienone is 6. The number of hydrogen-bond acceptors (Lipinski definition) is 1. The first-order valence-electron chi connectivity index (χ1n) is 7.45. The van der Waals surface area contributed by atoms with E-state index in [0.717, 1.165) is 11.0 Å². The third kappa shape index (κ3) is 4.08. The lowest BCUT2D eigenvalue weighted by atomic mass is 10.0. The Kier molecular flexibility index (Phi) is 4.49. The number of nitrogens with one attached hydrogen (secondary N) is 1. The van der Waals surface area contributed by atoms with Crippen molar-refractivity contribution >= 4 is 0 Å². The molecule has 108 valence electrons. The highest BCUT2D eigenvalue weighted by Gasteiger charge is 2.38. The maximum Gasteiger partial charge on any atom is 0.143 e. The lowest BCUT2D eigenvalue weighted by Crippen LogP contribution is -2.56. The summed E-state index contributed by atoms with van der Waals surface area (Å²) < 4.78 is 0.991. The highest BCUT2D eigenvalue weighted by molar-refractivity contribution is 5.37. The summed E-state index contributed by atoms with van der Waals surface area (Å²) in [5.41, 5.74) is 4.59. The Bertz CT molecular complexity index is 498. The molecule has 0 aromatic carbocycles. The second kappa shape index (κ2) is 5.97. The molecule has 1 heterocycles. The topological polar surface area (TPSA) is 12.0 Å². The summed E-state index contributed by atoms with van der Waals surface area (Å²) in [4.78, 5) is 0. The first-order valence-corrected chi connectivity index (χ1v) is 7.45. The highest BCUT2D eigenvalue weighted by atomic mass is 15.4. The molecular weight excluding hydrogens is 244 g/mol. The Morgan fingerprint density at radius 3 is 2.90 bits per heavy atom. The number of likely N-dealkylation sites (N-methyl/N-ethyl adjacent to an activating group) is 1. The Labute approximate surface area is 123 Å². The number of hydrogen-bond donors (Lipinski definition) is 1. The van der Waals surface area contributed by atoms with E-state index in [1.165, 1.54) is 18.4 Å². The van der Waals surface area contributed by atoms with E-state index >= 15 is 0 Å². The maximum atomic E-state index is 3.76. The average Bonchev–Trinajstić information content (AvgIpc) is 2.60. The number of rotatable bonds is 4. The zero-order valence-corrected chi connectivity index (χ0v) is 13.2. The molecular formula is C18H27N2+. The lowest BCUT2D eigenvalue weighted by Gasteiger charge is -2.36. The quantitative estimate of drug-likeness (QED) is 0.611. The molecule has 1 saturated heterocycles. The van der Waals surface area contributed by atoms with Crippen molar-refractivity contribution in [1.82, 2.24) is 5.32 Å². The molecule has 0 radical (unpaired) electrons. The molecule has 0 saturated carbocycles. The van der Waals surface area contributed by atoms with E-state index in [2.05, 4.69) is 63.3 Å². The first kappa shape index (κ1) is 15.1. The monoisotopic (exact) mass is 271 g/mol. The molecule has 0 aromatic heterocycles. The van der Waals surface area contributed by atoms with Gasteiger partial charge in [-0.15, -0.1) is 5.73 Å². The fourth-order valence-electron chi connectivity index (χ4n) is 2.79. The molecule has 2 rings (SSSR count). The van der Waals surface area contributed by atoms with E-state index in [0.29, 0.717) is 6.17 Å². The van der Waals surface area contributed by atoms with Crippen molar-refractivity contribution in [1.29, 1.82) is 0 Å². The van der Waals surface area contributed by atoms with Crippen LogP contribution in [-0.4, -0.2) is 36.8 Å². The van der Waals surface area contributed by atoms with Crippen molar-refractivity contribution in [3.63, 3.8) is 0 Å². The normalized spacial score (nSPS) is 25.2. The lowest BCUT2D eigenvalue weighted by molar-refractivity contribution is -0.912. The van der Waals surface area contributed by atoms with Crippen LogP contribution in [0, 0.1) is 0 Å². The third-order valence-electron chi connectivity index (χ3n) is 4.18. The fourth-order valence-corrected chi connectivity index (χ4v) is 2.79. The standard InChI is InChI=1S/C18H27N2/c1-18(2)14-13-17(19-18)20(3,4)15-9-12-16-10-7-5-6-8-11-16/h5,7-12,17,19H,13-15H2,1-4H3/q+1/b12-9+. The maximum absolute atomic E-state index is 3.76. The van der Waals surface area contributed by atoms with E-state index in [1.54, 1.807) is 0 Å². The second-order valence-corrected chi connectivity index (χ2v) is 6.97. The summed E-state index contributed by atoms with van der Waals surface area (Å²) in [7, 11) is 4.62. The molecule has 1 aliphatic carbocycles. The summed E-state index contributed by atoms with van der Waals surface area (Å²) in [5, 5.41) is 3.76. The first-order chi connectivity index (χ1) is 9.39. The van der Waals surface area contributed by atoms with Crippen LogP contribution in [0.3, 0.4) is 0 Å². The van der Waals surface area contributed by atoms with Gasteiger partial charge in [-0.3, -0.25) is 5.32 Å². The molecule has 0 bridgehead atoms. The van der Waals surface area contributed by atoms with Gasteiger partial charge in [-0.1, -0.05) is 18.2 Å². The molecule has 0 spiro atoms. The molecule has 1 atom stereocenters. The van der Waals surface area contributed by atoms with Crippen molar-refractivity contribution in [2.75, 3.05) is 20.6 Å². The molecule has 20 heavy (non-hydrogen) atoms. The predicted octanol–water partition coefficient (Wildman–Crippen LogP) is 3.31. The van der Waals surface area contributed by atoms with Gasteiger partial charge >= 0.3 is 0 Å². The molecule has 1 fully saturated rings. The second-order valence-electron chi connectivity index (χ2n) is 6.97. The van der Waals surface area contributed by atoms with Crippen LogP contribution in [0.4, 0.5) is 0 Å². The zero-order valence-electron chi connectivity index (χ0n) is 13.2. The van der Waals surface area contributed by atoms with Crippen molar-refractivity contribution in [3.8, 4) is 0 Å². The van der Waals surface area contributed by atoms with E-state index < -0.39 is 0 Å². The van der Waals surface area contributed by atoms with Gasteiger partial charge in [0, 0.05) is 12.0 Å². The van der Waals surface area contributed by atoms with Crippen LogP contribution in [0.2, 0.25) is 0 Å². The van der Waals surface area contributed by atoms with Crippen molar-refractivity contribution in [2.24, 2.45) is 0 Å². The van der Waals surface area contributed by atoms with Crippen LogP contribution < -0.4 is 5.32 Å². The van der Waals surface area contributed by atoms with E-state index in [1.807, 2.05) is 18.2 Å². The van der Waals surface area contributed by atoms with Gasteiger partial charge in [-0.05, 0) is 50.1 Å². The van der Waals surface area contributed by atoms with Gasteiger partial charge in [-0.2, -0.15) is 0 Å². The zero-order chi connectivity index (χ0) is 14.6. The largest absolute Gasteiger partial charge is 0.310 e.